The van der Waals surface area contributed by atoms with Gasteiger partial charge in [0.05, 0.1) is 21.2 Å². The fraction of sp³-hybridized carbons (Fsp3) is 0.231. The summed E-state index contributed by atoms with van der Waals surface area (Å²) >= 11 is 7.71. The number of amides is 1. The van der Waals surface area contributed by atoms with Crippen molar-refractivity contribution in [1.82, 2.24) is 4.98 Å². The van der Waals surface area contributed by atoms with Crippen LogP contribution < -0.4 is 9.80 Å². The third kappa shape index (κ3) is 4.85. The molecule has 0 aliphatic carbocycles. The zero-order chi connectivity index (χ0) is 24.4. The number of hydrogen-bond acceptors (Lipinski definition) is 6. The minimum atomic E-state index is -0.403. The van der Waals surface area contributed by atoms with E-state index in [1.165, 1.54) is 17.4 Å². The standard InChI is InChI=1S/C26H23ClN4O3S/c27-20-10-7-11-23-24(20)28-26(35-23)30(17-18-8-3-1-4-9-18)25(32)19-12-13-21(22(16-19)31(33)34)29-14-5-2-6-15-29/h1,3-4,7-13,16H,2,5-6,14-15,17H2. The second-order valence-electron chi connectivity index (χ2n) is 8.47. The maximum absolute atomic E-state index is 13.8. The van der Waals surface area contributed by atoms with Gasteiger partial charge in [-0.1, -0.05) is 59.3 Å². The van der Waals surface area contributed by atoms with Gasteiger partial charge in [-0.2, -0.15) is 0 Å². The van der Waals surface area contributed by atoms with Crippen molar-refractivity contribution in [2.24, 2.45) is 0 Å². The Balaban J connectivity index is 1.55. The Morgan fingerprint density at radius 3 is 2.54 bits per heavy atom. The molecule has 1 amide bonds. The van der Waals surface area contributed by atoms with E-state index < -0.39 is 4.92 Å². The average Bonchev–Trinajstić information content (AvgIpc) is 3.33. The number of hydrogen-bond donors (Lipinski definition) is 0. The Hall–Kier alpha value is -3.49. The quantitative estimate of drug-likeness (QED) is 0.215. The number of carbonyl (C=O) groups excluding carboxylic acids is 1. The average molecular weight is 507 g/mol. The van der Waals surface area contributed by atoms with Gasteiger partial charge in [-0.3, -0.25) is 19.8 Å². The van der Waals surface area contributed by atoms with Crippen LogP contribution in [-0.4, -0.2) is 28.9 Å². The first-order valence-corrected chi connectivity index (χ1v) is 12.6. The summed E-state index contributed by atoms with van der Waals surface area (Å²) in [5.74, 6) is -0.350. The molecule has 0 N–H and O–H groups in total. The molecule has 1 saturated heterocycles. The van der Waals surface area contributed by atoms with E-state index in [2.05, 4.69) is 4.98 Å². The molecule has 2 heterocycles. The molecular formula is C26H23ClN4O3S. The van der Waals surface area contributed by atoms with Crippen LogP contribution in [0.15, 0.2) is 66.7 Å². The van der Waals surface area contributed by atoms with Gasteiger partial charge >= 0.3 is 0 Å². The van der Waals surface area contributed by atoms with Gasteiger partial charge in [0.25, 0.3) is 11.6 Å². The van der Waals surface area contributed by atoms with E-state index >= 15 is 0 Å². The fourth-order valence-corrected chi connectivity index (χ4v) is 5.63. The van der Waals surface area contributed by atoms with Crippen LogP contribution >= 0.6 is 22.9 Å². The van der Waals surface area contributed by atoms with Crippen molar-refractivity contribution in [2.75, 3.05) is 22.9 Å². The van der Waals surface area contributed by atoms with Crippen LogP contribution in [0.5, 0.6) is 0 Å². The summed E-state index contributed by atoms with van der Waals surface area (Å²) in [7, 11) is 0. The minimum absolute atomic E-state index is 0.0512. The van der Waals surface area contributed by atoms with Crippen LogP contribution in [0, 0.1) is 10.1 Å². The summed E-state index contributed by atoms with van der Waals surface area (Å²) < 4.78 is 0.866. The Morgan fingerprint density at radius 1 is 1.06 bits per heavy atom. The molecule has 0 atom stereocenters. The van der Waals surface area contributed by atoms with Crippen molar-refractivity contribution in [3.8, 4) is 0 Å². The van der Waals surface area contributed by atoms with E-state index in [0.29, 0.717) is 21.4 Å². The van der Waals surface area contributed by atoms with E-state index in [0.717, 1.165) is 42.6 Å². The lowest BCUT2D eigenvalue weighted by molar-refractivity contribution is -0.384. The molecular weight excluding hydrogens is 484 g/mol. The van der Waals surface area contributed by atoms with Crippen molar-refractivity contribution in [3.63, 3.8) is 0 Å². The summed E-state index contributed by atoms with van der Waals surface area (Å²) in [5.41, 5.74) is 2.31. The van der Waals surface area contributed by atoms with Gasteiger partial charge in [0, 0.05) is 24.7 Å². The van der Waals surface area contributed by atoms with E-state index in [4.69, 9.17) is 11.6 Å². The number of fused-ring (bicyclic) bond motifs is 1. The first-order chi connectivity index (χ1) is 17.0. The van der Waals surface area contributed by atoms with Gasteiger partial charge in [-0.25, -0.2) is 4.98 Å². The molecule has 4 aromatic rings. The molecule has 7 nitrogen and oxygen atoms in total. The van der Waals surface area contributed by atoms with Gasteiger partial charge in [-0.05, 0) is 49.1 Å². The first-order valence-electron chi connectivity index (χ1n) is 11.5. The van der Waals surface area contributed by atoms with Crippen LogP contribution in [0.4, 0.5) is 16.5 Å². The Morgan fingerprint density at radius 2 is 1.83 bits per heavy atom. The van der Waals surface area contributed by atoms with Crippen molar-refractivity contribution >= 4 is 55.6 Å². The number of rotatable bonds is 6. The van der Waals surface area contributed by atoms with Gasteiger partial charge in [-0.15, -0.1) is 0 Å². The van der Waals surface area contributed by atoms with E-state index in [-0.39, 0.29) is 23.7 Å². The second kappa shape index (κ2) is 10.0. The molecule has 1 aliphatic heterocycles. The number of thiazole rings is 1. The summed E-state index contributed by atoms with van der Waals surface area (Å²) in [5, 5.41) is 13.0. The normalized spacial score (nSPS) is 13.7. The van der Waals surface area contributed by atoms with Crippen molar-refractivity contribution in [1.29, 1.82) is 0 Å². The number of anilines is 2. The fourth-order valence-electron chi connectivity index (χ4n) is 4.37. The lowest BCUT2D eigenvalue weighted by atomic mass is 10.1. The Labute approximate surface area is 211 Å². The van der Waals surface area contributed by atoms with E-state index in [1.54, 1.807) is 23.1 Å². The van der Waals surface area contributed by atoms with Crippen molar-refractivity contribution < 1.29 is 9.72 Å². The van der Waals surface area contributed by atoms with E-state index in [9.17, 15) is 14.9 Å². The minimum Gasteiger partial charge on any atom is -0.366 e. The number of para-hydroxylation sites is 1. The molecule has 1 fully saturated rings. The third-order valence-electron chi connectivity index (χ3n) is 6.13. The van der Waals surface area contributed by atoms with Crippen molar-refractivity contribution in [2.45, 2.75) is 25.8 Å². The molecule has 35 heavy (non-hydrogen) atoms. The number of halogens is 1. The molecule has 5 rings (SSSR count). The van der Waals surface area contributed by atoms with Crippen LogP contribution in [0.25, 0.3) is 10.2 Å². The number of nitro groups is 1. The molecule has 3 aromatic carbocycles. The highest BCUT2D eigenvalue weighted by Gasteiger charge is 2.27. The SMILES string of the molecule is O=C(c1ccc(N2CCCCC2)c([N+](=O)[O-])c1)N(Cc1ccccc1)c1nc2c(Cl)cccc2s1. The molecule has 1 aliphatic rings. The maximum atomic E-state index is 13.8. The van der Waals surface area contributed by atoms with Crippen molar-refractivity contribution in [3.05, 3.63) is 93.0 Å². The number of nitro benzene ring substituents is 1. The Bertz CT molecular complexity index is 1390. The topological polar surface area (TPSA) is 79.6 Å². The molecule has 1 aromatic heterocycles. The second-order valence-corrected chi connectivity index (χ2v) is 9.88. The smallest absolute Gasteiger partial charge is 0.293 e. The number of carbonyl (C=O) groups is 1. The largest absolute Gasteiger partial charge is 0.366 e. The number of nitrogens with zero attached hydrogens (tertiary/aromatic N) is 4. The summed E-state index contributed by atoms with van der Waals surface area (Å²) in [4.78, 5) is 33.6. The summed E-state index contributed by atoms with van der Waals surface area (Å²) in [6.07, 6.45) is 3.13. The first kappa shape index (κ1) is 23.3. The molecule has 9 heteroatoms. The highest BCUT2D eigenvalue weighted by molar-refractivity contribution is 7.22. The summed E-state index contributed by atoms with van der Waals surface area (Å²) in [6.45, 7) is 1.83. The number of piperidine rings is 1. The molecule has 0 unspecified atom stereocenters. The van der Waals surface area contributed by atoms with Crippen LogP contribution in [-0.2, 0) is 6.54 Å². The number of benzene rings is 3. The lowest BCUT2D eigenvalue weighted by Gasteiger charge is -2.28. The maximum Gasteiger partial charge on any atom is 0.293 e. The van der Waals surface area contributed by atoms with Gasteiger partial charge in [0.15, 0.2) is 5.13 Å². The predicted octanol–water partition coefficient (Wildman–Crippen LogP) is 6.70. The third-order valence-corrected chi connectivity index (χ3v) is 7.48. The Kier molecular flexibility index (Phi) is 6.66. The lowest BCUT2D eigenvalue weighted by Crippen LogP contribution is -2.31. The van der Waals surface area contributed by atoms with Crippen LogP contribution in [0.3, 0.4) is 0 Å². The van der Waals surface area contributed by atoms with E-state index in [1.807, 2.05) is 47.4 Å². The molecule has 0 saturated carbocycles. The van der Waals surface area contributed by atoms with Gasteiger partial charge in [0.2, 0.25) is 0 Å². The molecule has 0 spiro atoms. The highest BCUT2D eigenvalue weighted by atomic mass is 35.5. The zero-order valence-corrected chi connectivity index (χ0v) is 20.5. The predicted molar refractivity (Wildman–Crippen MR) is 141 cm³/mol. The molecule has 178 valence electrons. The van der Waals surface area contributed by atoms with Gasteiger partial charge < -0.3 is 4.90 Å². The molecule has 0 radical (unpaired) electrons. The highest BCUT2D eigenvalue weighted by Crippen LogP contribution is 2.36. The summed E-state index contributed by atoms with van der Waals surface area (Å²) in [6, 6.07) is 19.9. The monoisotopic (exact) mass is 506 g/mol. The zero-order valence-electron chi connectivity index (χ0n) is 18.9. The van der Waals surface area contributed by atoms with Crippen LogP contribution in [0.1, 0.15) is 35.2 Å². The molecule has 0 bridgehead atoms. The number of aromatic nitrogens is 1. The van der Waals surface area contributed by atoms with Crippen LogP contribution in [0.2, 0.25) is 5.02 Å². The van der Waals surface area contributed by atoms with Gasteiger partial charge in [0.1, 0.15) is 11.2 Å².